The molecule has 0 saturated carbocycles. The Kier molecular flexibility index (Phi) is 13.9. The van der Waals surface area contributed by atoms with Crippen LogP contribution in [0.25, 0.3) is 0 Å². The number of rotatable bonds is 19. The predicted molar refractivity (Wildman–Crippen MR) is 196 cm³/mol. The average molecular weight is 731 g/mol. The SMILES string of the molecule is CCCCCCCCc1ccc(S(=O)(=O)NC2=C(CC)S(O)(O)N=C3C(N=Nc4ccccc4C(=O)OCC)=C(C)NN32)c(OCCCC)c1. The Hall–Kier alpha value is -3.92. The molecule has 0 aromatic heterocycles. The summed E-state index contributed by atoms with van der Waals surface area (Å²) in [6.45, 7) is 9.80. The van der Waals surface area contributed by atoms with Crippen molar-refractivity contribution in [3.05, 3.63) is 75.7 Å². The minimum atomic E-state index is -4.33. The maximum absolute atomic E-state index is 14.1. The van der Waals surface area contributed by atoms with Gasteiger partial charge in [0.05, 0.1) is 24.5 Å². The van der Waals surface area contributed by atoms with Crippen molar-refractivity contribution >= 4 is 38.3 Å². The molecule has 50 heavy (non-hydrogen) atoms. The second kappa shape index (κ2) is 17.8. The van der Waals surface area contributed by atoms with Gasteiger partial charge in [-0.2, -0.15) is 0 Å². The number of azo groups is 1. The van der Waals surface area contributed by atoms with Crippen molar-refractivity contribution in [1.29, 1.82) is 0 Å². The van der Waals surface area contributed by atoms with Crippen molar-refractivity contribution in [1.82, 2.24) is 15.2 Å². The summed E-state index contributed by atoms with van der Waals surface area (Å²) in [5.74, 6) is -0.486. The van der Waals surface area contributed by atoms with E-state index in [0.717, 1.165) is 37.7 Å². The number of sulfonamides is 1. The topological polar surface area (TPSA) is 175 Å². The highest BCUT2D eigenvalue weighted by Gasteiger charge is 2.41. The summed E-state index contributed by atoms with van der Waals surface area (Å²) in [5.41, 5.74) is 5.00. The fraction of sp³-hybridized carbons (Fsp3) is 0.486. The first-order valence-corrected chi connectivity index (χ1v) is 20.3. The molecule has 0 unspecified atom stereocenters. The van der Waals surface area contributed by atoms with Crippen molar-refractivity contribution in [2.75, 3.05) is 13.2 Å². The van der Waals surface area contributed by atoms with Gasteiger partial charge in [-0.3, -0.25) is 19.3 Å². The fourth-order valence-corrected chi connectivity index (χ4v) is 8.10. The number of allylic oxidation sites excluding steroid dienone is 2. The summed E-state index contributed by atoms with van der Waals surface area (Å²) >= 11 is 0. The van der Waals surface area contributed by atoms with E-state index in [1.807, 2.05) is 6.92 Å². The molecule has 0 atom stereocenters. The summed E-state index contributed by atoms with van der Waals surface area (Å²) in [5, 5.41) is 9.89. The van der Waals surface area contributed by atoms with Crippen LogP contribution < -0.4 is 14.9 Å². The van der Waals surface area contributed by atoms with Crippen LogP contribution in [0.3, 0.4) is 0 Å². The van der Waals surface area contributed by atoms with Crippen molar-refractivity contribution in [3.63, 3.8) is 0 Å². The first kappa shape index (κ1) is 38.9. The lowest BCUT2D eigenvalue weighted by Crippen LogP contribution is -2.45. The van der Waals surface area contributed by atoms with Gasteiger partial charge in [0.25, 0.3) is 10.0 Å². The van der Waals surface area contributed by atoms with E-state index in [9.17, 15) is 22.3 Å². The Bertz CT molecular complexity index is 1760. The zero-order valence-corrected chi connectivity index (χ0v) is 31.2. The van der Waals surface area contributed by atoms with E-state index in [4.69, 9.17) is 9.47 Å². The number of hydrogen-bond acceptors (Lipinski definition) is 12. The van der Waals surface area contributed by atoms with Gasteiger partial charge in [0.2, 0.25) is 5.84 Å². The van der Waals surface area contributed by atoms with Gasteiger partial charge < -0.3 is 9.47 Å². The number of carbonyl (C=O) groups is 1. The van der Waals surface area contributed by atoms with Gasteiger partial charge in [-0.1, -0.05) is 88.3 Å². The molecular weight excluding hydrogens is 681 g/mol. The Morgan fingerprint density at radius 1 is 0.980 bits per heavy atom. The zero-order chi connectivity index (χ0) is 36.3. The molecule has 274 valence electrons. The van der Waals surface area contributed by atoms with Gasteiger partial charge in [-0.15, -0.1) is 14.6 Å². The number of benzene rings is 2. The molecule has 0 spiro atoms. The second-order valence-corrected chi connectivity index (χ2v) is 15.4. The Labute approximate surface area is 297 Å². The van der Waals surface area contributed by atoms with Crippen LogP contribution >= 0.6 is 10.8 Å². The van der Waals surface area contributed by atoms with Gasteiger partial charge in [-0.05, 0) is 69.4 Å². The second-order valence-electron chi connectivity index (χ2n) is 12.0. The summed E-state index contributed by atoms with van der Waals surface area (Å²) in [6.07, 6.45) is 9.43. The van der Waals surface area contributed by atoms with Gasteiger partial charge in [0.15, 0.2) is 11.5 Å². The number of carbonyl (C=O) groups excluding carboxylic acids is 1. The van der Waals surface area contributed by atoms with Crippen molar-refractivity contribution in [2.24, 2.45) is 14.6 Å². The third-order valence-corrected chi connectivity index (χ3v) is 11.1. The van der Waals surface area contributed by atoms with Crippen molar-refractivity contribution in [2.45, 2.75) is 104 Å². The van der Waals surface area contributed by atoms with Crippen LogP contribution in [0.2, 0.25) is 0 Å². The van der Waals surface area contributed by atoms with Crippen molar-refractivity contribution < 1.29 is 31.8 Å². The third kappa shape index (κ3) is 9.44. The standard InChI is InChI=1S/C35H50N6O7S2/c1-6-10-12-13-14-15-18-26-21-22-31(29(24-26)48-23-11-7-2)50(45,46)39-33-30(8-3)49(43,44)40-34-32(25(5)38-41(33)34)37-36-28-20-17-16-19-27(28)35(42)47-9-4/h16-17,19-22,24,38-39,43-44H,6-15,18,23H2,1-5H3. The molecular formula is C35H50N6O7S2. The van der Waals surface area contributed by atoms with Crippen LogP contribution in [-0.4, -0.2) is 47.6 Å². The number of hydrogen-bond donors (Lipinski definition) is 4. The fourth-order valence-electron chi connectivity index (χ4n) is 5.51. The molecule has 2 aromatic carbocycles. The summed E-state index contributed by atoms with van der Waals surface area (Å²) in [4.78, 5) is 12.4. The minimum Gasteiger partial charge on any atom is -0.492 e. The summed E-state index contributed by atoms with van der Waals surface area (Å²) in [7, 11) is -8.16. The Morgan fingerprint density at radius 2 is 1.70 bits per heavy atom. The molecule has 0 amide bonds. The molecule has 0 saturated heterocycles. The van der Waals surface area contributed by atoms with Crippen LogP contribution in [0, 0.1) is 0 Å². The van der Waals surface area contributed by atoms with Gasteiger partial charge in [-0.25, -0.2) is 18.2 Å². The first-order chi connectivity index (χ1) is 24.0. The molecule has 0 aliphatic carbocycles. The van der Waals surface area contributed by atoms with Gasteiger partial charge >= 0.3 is 5.97 Å². The van der Waals surface area contributed by atoms with Crippen LogP contribution in [0.1, 0.15) is 108 Å². The maximum atomic E-state index is 14.1. The normalized spacial score (nSPS) is 16.3. The van der Waals surface area contributed by atoms with Gasteiger partial charge in [0.1, 0.15) is 21.2 Å². The largest absolute Gasteiger partial charge is 0.492 e. The van der Waals surface area contributed by atoms with E-state index in [-0.39, 0.29) is 57.2 Å². The molecule has 2 aromatic rings. The maximum Gasteiger partial charge on any atom is 0.340 e. The number of nitrogens with zero attached hydrogens (tertiary/aromatic N) is 4. The van der Waals surface area contributed by atoms with E-state index in [0.29, 0.717) is 12.3 Å². The van der Waals surface area contributed by atoms with Crippen LogP contribution in [0.5, 0.6) is 5.75 Å². The monoisotopic (exact) mass is 730 g/mol. The Morgan fingerprint density at radius 3 is 2.42 bits per heavy atom. The summed E-state index contributed by atoms with van der Waals surface area (Å²) < 4.78 is 68.6. The lowest BCUT2D eigenvalue weighted by molar-refractivity contribution is 0.0527. The molecule has 2 heterocycles. The molecule has 4 N–H and O–H groups in total. The average Bonchev–Trinajstić information content (AvgIpc) is 3.39. The van der Waals surface area contributed by atoms with E-state index < -0.39 is 26.8 Å². The first-order valence-electron chi connectivity index (χ1n) is 17.3. The molecule has 4 rings (SSSR count). The van der Waals surface area contributed by atoms with Crippen molar-refractivity contribution in [3.8, 4) is 5.75 Å². The number of nitrogens with one attached hydrogen (secondary N) is 2. The number of hydrazine groups is 1. The zero-order valence-electron chi connectivity index (χ0n) is 29.6. The van der Waals surface area contributed by atoms with Crippen LogP contribution in [0.4, 0.5) is 5.69 Å². The quantitative estimate of drug-likeness (QED) is 0.0626. The smallest absolute Gasteiger partial charge is 0.340 e. The molecule has 15 heteroatoms. The molecule has 0 radical (unpaired) electrons. The predicted octanol–water partition coefficient (Wildman–Crippen LogP) is 8.72. The molecule has 2 aliphatic heterocycles. The minimum absolute atomic E-state index is 0.0101. The van der Waals surface area contributed by atoms with Crippen LogP contribution in [-0.2, 0) is 21.2 Å². The van der Waals surface area contributed by atoms with E-state index in [1.54, 1.807) is 63.2 Å². The number of unbranched alkanes of at least 4 members (excludes halogenated alkanes) is 6. The molecule has 0 fully saturated rings. The van der Waals surface area contributed by atoms with Crippen LogP contribution in [0.15, 0.2) is 84.1 Å². The number of esters is 1. The summed E-state index contributed by atoms with van der Waals surface area (Å²) in [6, 6.07) is 11.7. The molecule has 0 bridgehead atoms. The van der Waals surface area contributed by atoms with E-state index in [2.05, 4.69) is 31.7 Å². The number of ether oxygens (including phenoxy) is 2. The highest BCUT2D eigenvalue weighted by molar-refractivity contribution is 8.26. The highest BCUT2D eigenvalue weighted by atomic mass is 32.3. The number of aryl methyl sites for hydroxylation is 1. The lowest BCUT2D eigenvalue weighted by Gasteiger charge is -2.39. The van der Waals surface area contributed by atoms with E-state index >= 15 is 0 Å². The number of amidine groups is 1. The lowest BCUT2D eigenvalue weighted by atomic mass is 10.0. The van der Waals surface area contributed by atoms with Gasteiger partial charge in [0, 0.05) is 0 Å². The Balaban J connectivity index is 1.64. The molecule has 13 nitrogen and oxygen atoms in total. The third-order valence-electron chi connectivity index (χ3n) is 8.17. The molecule has 2 aliphatic rings. The highest BCUT2D eigenvalue weighted by Crippen LogP contribution is 2.55. The van der Waals surface area contributed by atoms with E-state index in [1.165, 1.54) is 30.7 Å². The number of fused-ring (bicyclic) bond motifs is 1.